The summed E-state index contributed by atoms with van der Waals surface area (Å²) in [5.41, 5.74) is 1.79. The number of nitrogens with one attached hydrogen (secondary N) is 1. The van der Waals surface area contributed by atoms with Crippen molar-refractivity contribution < 1.29 is 0 Å². The van der Waals surface area contributed by atoms with Crippen LogP contribution in [-0.2, 0) is 0 Å². The summed E-state index contributed by atoms with van der Waals surface area (Å²) in [6, 6.07) is 0. The number of anilines is 1. The third kappa shape index (κ3) is 2.73. The van der Waals surface area contributed by atoms with E-state index in [4.69, 9.17) is 0 Å². The minimum Gasteiger partial charge on any atom is -0.360 e. The molecule has 0 aliphatic heterocycles. The highest BCUT2D eigenvalue weighted by molar-refractivity contribution is 7.13. The van der Waals surface area contributed by atoms with Gasteiger partial charge in [0.1, 0.15) is 0 Å². The molecular weight excluding hydrogens is 228 g/mol. The normalized spacial score (nSPS) is 10.9. The molecule has 80 valence electrons. The van der Waals surface area contributed by atoms with E-state index < -0.39 is 0 Å². The molecule has 6 heteroatoms. The Balaban J connectivity index is 2.04. The zero-order valence-corrected chi connectivity index (χ0v) is 10.2. The number of thiazole rings is 1. The van der Waals surface area contributed by atoms with Gasteiger partial charge in [-0.3, -0.25) is 4.98 Å². The van der Waals surface area contributed by atoms with Gasteiger partial charge in [-0.05, 0) is 5.92 Å². The van der Waals surface area contributed by atoms with Crippen LogP contribution in [0.3, 0.4) is 0 Å². The van der Waals surface area contributed by atoms with Gasteiger partial charge in [0.05, 0.1) is 10.4 Å². The number of aromatic nitrogens is 3. The molecule has 2 aromatic rings. The minimum atomic E-state index is 0.612. The van der Waals surface area contributed by atoms with E-state index in [-0.39, 0.29) is 0 Å². The third-order valence-corrected chi connectivity index (χ3v) is 3.18. The zero-order chi connectivity index (χ0) is 10.7. The van der Waals surface area contributed by atoms with Crippen molar-refractivity contribution in [2.24, 2.45) is 5.92 Å². The van der Waals surface area contributed by atoms with Crippen LogP contribution in [-0.4, -0.2) is 20.9 Å². The van der Waals surface area contributed by atoms with Crippen LogP contribution < -0.4 is 5.32 Å². The fourth-order valence-electron chi connectivity index (χ4n) is 1.01. The van der Waals surface area contributed by atoms with Crippen LogP contribution in [0.2, 0.25) is 0 Å². The number of rotatable bonds is 4. The second-order valence-corrected chi connectivity index (χ2v) is 5.20. The highest BCUT2D eigenvalue weighted by Gasteiger charge is 2.07. The Hall–Kier alpha value is -1.01. The Bertz CT molecular complexity index is 407. The first kappa shape index (κ1) is 10.5. The summed E-state index contributed by atoms with van der Waals surface area (Å²) in [5.74, 6) is 1.38. The molecule has 0 saturated heterocycles. The Morgan fingerprint density at radius 2 is 2.33 bits per heavy atom. The smallest absolute Gasteiger partial charge is 0.202 e. The molecule has 0 unspecified atom stereocenters. The molecule has 0 aliphatic rings. The molecule has 0 fully saturated rings. The molecule has 15 heavy (non-hydrogen) atoms. The first-order valence-corrected chi connectivity index (χ1v) is 6.37. The van der Waals surface area contributed by atoms with Crippen molar-refractivity contribution in [3.63, 3.8) is 0 Å². The van der Waals surface area contributed by atoms with Crippen LogP contribution in [0.15, 0.2) is 11.7 Å². The maximum atomic E-state index is 4.39. The molecule has 0 saturated carbocycles. The first-order valence-electron chi connectivity index (χ1n) is 4.72. The highest BCUT2D eigenvalue weighted by atomic mass is 32.1. The number of hydrogen-bond acceptors (Lipinski definition) is 6. The van der Waals surface area contributed by atoms with Gasteiger partial charge in [-0.1, -0.05) is 13.8 Å². The SMILES string of the molecule is CC(C)CNc1nc(-c2cncs2)ns1. The standard InChI is InChI=1S/C9H12N4S2/c1-6(2)3-11-9-12-8(13-15-9)7-4-10-5-14-7/h4-6H,3H2,1-2H3,(H,11,12,13). The van der Waals surface area contributed by atoms with Crippen molar-refractivity contribution in [2.75, 3.05) is 11.9 Å². The van der Waals surface area contributed by atoms with E-state index in [0.29, 0.717) is 5.92 Å². The molecule has 0 spiro atoms. The largest absolute Gasteiger partial charge is 0.360 e. The number of nitrogens with zero attached hydrogens (tertiary/aromatic N) is 3. The van der Waals surface area contributed by atoms with Crippen LogP contribution in [0.1, 0.15) is 13.8 Å². The second-order valence-electron chi connectivity index (χ2n) is 3.56. The van der Waals surface area contributed by atoms with Crippen molar-refractivity contribution in [1.29, 1.82) is 0 Å². The summed E-state index contributed by atoms with van der Waals surface area (Å²) >= 11 is 2.95. The maximum absolute atomic E-state index is 4.39. The van der Waals surface area contributed by atoms with E-state index in [1.165, 1.54) is 11.5 Å². The molecule has 2 aromatic heterocycles. The minimum absolute atomic E-state index is 0.612. The lowest BCUT2D eigenvalue weighted by Crippen LogP contribution is -2.07. The molecule has 2 heterocycles. The summed E-state index contributed by atoms with van der Waals surface area (Å²) in [6.45, 7) is 5.26. The Kier molecular flexibility index (Phi) is 3.27. The number of hydrogen-bond donors (Lipinski definition) is 1. The van der Waals surface area contributed by atoms with Gasteiger partial charge >= 0.3 is 0 Å². The van der Waals surface area contributed by atoms with Gasteiger partial charge in [0.15, 0.2) is 5.82 Å². The molecule has 0 aliphatic carbocycles. The van der Waals surface area contributed by atoms with Crippen molar-refractivity contribution in [1.82, 2.24) is 14.3 Å². The Morgan fingerprint density at radius 3 is 3.00 bits per heavy atom. The summed E-state index contributed by atoms with van der Waals surface area (Å²) < 4.78 is 4.28. The summed E-state index contributed by atoms with van der Waals surface area (Å²) in [7, 11) is 0. The molecule has 0 radical (unpaired) electrons. The van der Waals surface area contributed by atoms with Gasteiger partial charge in [-0.15, -0.1) is 11.3 Å². The predicted molar refractivity (Wildman–Crippen MR) is 64.3 cm³/mol. The van der Waals surface area contributed by atoms with Crippen LogP contribution >= 0.6 is 22.9 Å². The van der Waals surface area contributed by atoms with E-state index in [1.54, 1.807) is 23.0 Å². The van der Waals surface area contributed by atoms with Crippen LogP contribution in [0.25, 0.3) is 10.7 Å². The first-order chi connectivity index (χ1) is 7.25. The quantitative estimate of drug-likeness (QED) is 0.892. The average molecular weight is 240 g/mol. The van der Waals surface area contributed by atoms with Gasteiger partial charge in [0, 0.05) is 24.3 Å². The molecule has 0 aromatic carbocycles. The van der Waals surface area contributed by atoms with Crippen LogP contribution in [0, 0.1) is 5.92 Å². The third-order valence-electron chi connectivity index (χ3n) is 1.74. The zero-order valence-electron chi connectivity index (χ0n) is 8.60. The van der Waals surface area contributed by atoms with Crippen molar-refractivity contribution in [3.05, 3.63) is 11.7 Å². The second kappa shape index (κ2) is 4.67. The molecular formula is C9H12N4S2. The predicted octanol–water partition coefficient (Wildman–Crippen LogP) is 2.73. The lowest BCUT2D eigenvalue weighted by atomic mass is 10.2. The highest BCUT2D eigenvalue weighted by Crippen LogP contribution is 2.23. The Morgan fingerprint density at radius 1 is 1.47 bits per heavy atom. The lowest BCUT2D eigenvalue weighted by Gasteiger charge is -2.03. The Labute approximate surface area is 96.6 Å². The van der Waals surface area contributed by atoms with Crippen LogP contribution in [0.5, 0.6) is 0 Å². The average Bonchev–Trinajstić information content (AvgIpc) is 2.85. The molecule has 0 bridgehead atoms. The molecule has 2 rings (SSSR count). The van der Waals surface area contributed by atoms with Gasteiger partial charge in [-0.2, -0.15) is 9.36 Å². The maximum Gasteiger partial charge on any atom is 0.202 e. The van der Waals surface area contributed by atoms with E-state index in [9.17, 15) is 0 Å². The molecule has 1 N–H and O–H groups in total. The van der Waals surface area contributed by atoms with E-state index >= 15 is 0 Å². The van der Waals surface area contributed by atoms with Crippen molar-refractivity contribution in [2.45, 2.75) is 13.8 Å². The van der Waals surface area contributed by atoms with Gasteiger partial charge in [-0.25, -0.2) is 0 Å². The summed E-state index contributed by atoms with van der Waals surface area (Å²) in [6.07, 6.45) is 1.79. The van der Waals surface area contributed by atoms with Crippen molar-refractivity contribution >= 4 is 28.0 Å². The summed E-state index contributed by atoms with van der Waals surface area (Å²) in [5, 5.41) is 4.14. The van der Waals surface area contributed by atoms with Gasteiger partial charge < -0.3 is 5.32 Å². The van der Waals surface area contributed by atoms with E-state index in [0.717, 1.165) is 22.4 Å². The van der Waals surface area contributed by atoms with Gasteiger partial charge in [0.25, 0.3) is 0 Å². The van der Waals surface area contributed by atoms with Crippen molar-refractivity contribution in [3.8, 4) is 10.7 Å². The van der Waals surface area contributed by atoms with Gasteiger partial charge in [0.2, 0.25) is 5.13 Å². The molecule has 0 atom stereocenters. The van der Waals surface area contributed by atoms with E-state index in [1.807, 2.05) is 0 Å². The van der Waals surface area contributed by atoms with Crippen LogP contribution in [0.4, 0.5) is 5.13 Å². The fraction of sp³-hybridized carbons (Fsp3) is 0.444. The monoisotopic (exact) mass is 240 g/mol. The lowest BCUT2D eigenvalue weighted by molar-refractivity contribution is 0.688. The molecule has 0 amide bonds. The van der Waals surface area contributed by atoms with E-state index in [2.05, 4.69) is 33.5 Å². The fourth-order valence-corrected chi connectivity index (χ4v) is 2.21. The molecule has 4 nitrogen and oxygen atoms in total. The summed E-state index contributed by atoms with van der Waals surface area (Å²) in [4.78, 5) is 9.41. The topological polar surface area (TPSA) is 50.7 Å².